The van der Waals surface area contributed by atoms with Crippen molar-refractivity contribution >= 4 is 52.4 Å². The van der Waals surface area contributed by atoms with Gasteiger partial charge in [-0.25, -0.2) is 0 Å². The molecule has 7 nitrogen and oxygen atoms in total. The highest BCUT2D eigenvalue weighted by atomic mass is 35.5. The van der Waals surface area contributed by atoms with Crippen molar-refractivity contribution in [1.29, 1.82) is 0 Å². The minimum atomic E-state index is -0.419. The molecule has 0 fully saturated rings. The van der Waals surface area contributed by atoms with Crippen molar-refractivity contribution in [2.45, 2.75) is 19.9 Å². The van der Waals surface area contributed by atoms with E-state index in [2.05, 4.69) is 26.0 Å². The van der Waals surface area contributed by atoms with E-state index in [4.69, 9.17) is 35.4 Å². The lowest BCUT2D eigenvalue weighted by atomic mass is 10.2. The molecule has 1 aromatic heterocycles. The maximum atomic E-state index is 12.0. The van der Waals surface area contributed by atoms with Gasteiger partial charge < -0.3 is 0 Å². The molecule has 0 radical (unpaired) electrons. The van der Waals surface area contributed by atoms with Crippen molar-refractivity contribution in [2.75, 3.05) is 5.32 Å². The standard InChI is InChI=1S/C12H12Cl2N6OS/c1-2-5-20-18-11(17-19-20)16-12(22)15-10(21)7-3-4-8(13)9(14)6-7/h3-4,6H,2,5H2,1H3,(H2,15,16,18,21,22). The Labute approximate surface area is 142 Å². The van der Waals surface area contributed by atoms with Crippen LogP contribution in [0.2, 0.25) is 10.0 Å². The maximum Gasteiger partial charge on any atom is 0.269 e. The summed E-state index contributed by atoms with van der Waals surface area (Å²) in [5.41, 5.74) is 0.334. The van der Waals surface area contributed by atoms with Gasteiger partial charge in [0.25, 0.3) is 11.9 Å². The summed E-state index contributed by atoms with van der Waals surface area (Å²) in [5.74, 6) is -0.204. The first-order valence-electron chi connectivity index (χ1n) is 6.34. The smallest absolute Gasteiger partial charge is 0.269 e. The topological polar surface area (TPSA) is 84.7 Å². The number of aryl methyl sites for hydroxylation is 1. The first kappa shape index (κ1) is 16.6. The molecule has 2 rings (SSSR count). The van der Waals surface area contributed by atoms with Crippen LogP contribution in [0.3, 0.4) is 0 Å². The van der Waals surface area contributed by atoms with E-state index < -0.39 is 5.91 Å². The molecule has 10 heteroatoms. The van der Waals surface area contributed by atoms with Gasteiger partial charge in [-0.05, 0) is 42.1 Å². The average molecular weight is 359 g/mol. The van der Waals surface area contributed by atoms with E-state index in [9.17, 15) is 4.79 Å². The minimum absolute atomic E-state index is 0.0621. The fourth-order valence-electron chi connectivity index (χ4n) is 1.53. The monoisotopic (exact) mass is 358 g/mol. The number of carbonyl (C=O) groups excluding carboxylic acids is 1. The van der Waals surface area contributed by atoms with Crippen LogP contribution in [0.25, 0.3) is 0 Å². The van der Waals surface area contributed by atoms with Crippen LogP contribution in [-0.4, -0.2) is 31.2 Å². The summed E-state index contributed by atoms with van der Waals surface area (Å²) in [7, 11) is 0. The van der Waals surface area contributed by atoms with Gasteiger partial charge in [0, 0.05) is 5.56 Å². The van der Waals surface area contributed by atoms with E-state index in [1.54, 1.807) is 6.07 Å². The quantitative estimate of drug-likeness (QED) is 0.816. The summed E-state index contributed by atoms with van der Waals surface area (Å²) in [6, 6.07) is 4.53. The van der Waals surface area contributed by atoms with Crippen LogP contribution >= 0.6 is 35.4 Å². The molecular weight excluding hydrogens is 347 g/mol. The second-order valence-electron chi connectivity index (χ2n) is 4.25. The third-order valence-electron chi connectivity index (χ3n) is 2.51. The lowest BCUT2D eigenvalue weighted by molar-refractivity contribution is 0.0977. The molecule has 0 unspecified atom stereocenters. The van der Waals surface area contributed by atoms with Crippen molar-refractivity contribution in [3.05, 3.63) is 33.8 Å². The molecule has 22 heavy (non-hydrogen) atoms. The number of benzene rings is 1. The molecule has 0 spiro atoms. The number of hydrogen-bond donors (Lipinski definition) is 2. The van der Waals surface area contributed by atoms with Crippen molar-refractivity contribution in [3.63, 3.8) is 0 Å². The molecule has 0 aliphatic rings. The predicted octanol–water partition coefficient (Wildman–Crippen LogP) is 2.52. The number of nitrogens with one attached hydrogen (secondary N) is 2. The summed E-state index contributed by atoms with van der Waals surface area (Å²) in [6.07, 6.45) is 0.883. The van der Waals surface area contributed by atoms with Crippen LogP contribution < -0.4 is 10.6 Å². The Hall–Kier alpha value is -1.77. The fourth-order valence-corrected chi connectivity index (χ4v) is 2.02. The van der Waals surface area contributed by atoms with Gasteiger partial charge in [0.2, 0.25) is 0 Å². The third-order valence-corrected chi connectivity index (χ3v) is 3.45. The molecule has 1 amide bonds. The molecule has 0 atom stereocenters. The van der Waals surface area contributed by atoms with Crippen molar-refractivity contribution in [1.82, 2.24) is 25.5 Å². The van der Waals surface area contributed by atoms with Crippen molar-refractivity contribution in [2.24, 2.45) is 0 Å². The molecule has 2 aromatic rings. The van der Waals surface area contributed by atoms with Gasteiger partial charge >= 0.3 is 0 Å². The minimum Gasteiger partial charge on any atom is -0.299 e. The Morgan fingerprint density at radius 1 is 1.36 bits per heavy atom. The number of hydrogen-bond acceptors (Lipinski definition) is 5. The zero-order chi connectivity index (χ0) is 16.1. The van der Waals surface area contributed by atoms with E-state index in [1.165, 1.54) is 16.9 Å². The van der Waals surface area contributed by atoms with E-state index in [0.717, 1.165) is 6.42 Å². The molecule has 0 aliphatic carbocycles. The SMILES string of the molecule is CCCn1nnc(NC(=S)NC(=O)c2ccc(Cl)c(Cl)c2)n1. The number of amides is 1. The van der Waals surface area contributed by atoms with Crippen LogP contribution in [0.4, 0.5) is 5.95 Å². The van der Waals surface area contributed by atoms with Crippen LogP contribution in [0.5, 0.6) is 0 Å². The number of halogens is 2. The van der Waals surface area contributed by atoms with Gasteiger partial charge in [-0.15, -0.1) is 5.10 Å². The molecule has 1 aromatic carbocycles. The highest BCUT2D eigenvalue weighted by Crippen LogP contribution is 2.22. The summed E-state index contributed by atoms with van der Waals surface area (Å²) in [5, 5.41) is 17.6. The first-order chi connectivity index (χ1) is 10.5. The Morgan fingerprint density at radius 3 is 2.82 bits per heavy atom. The number of rotatable bonds is 4. The fraction of sp³-hybridized carbons (Fsp3) is 0.250. The van der Waals surface area contributed by atoms with E-state index in [-0.39, 0.29) is 16.1 Å². The highest BCUT2D eigenvalue weighted by molar-refractivity contribution is 7.80. The molecule has 0 aliphatic heterocycles. The molecule has 0 bridgehead atoms. The second-order valence-corrected chi connectivity index (χ2v) is 5.47. The van der Waals surface area contributed by atoms with E-state index in [1.807, 2.05) is 6.92 Å². The molecule has 0 saturated carbocycles. The number of nitrogens with zero attached hydrogens (tertiary/aromatic N) is 4. The Balaban J connectivity index is 1.95. The normalized spacial score (nSPS) is 10.3. The summed E-state index contributed by atoms with van der Waals surface area (Å²) >= 11 is 16.7. The highest BCUT2D eigenvalue weighted by Gasteiger charge is 2.11. The summed E-state index contributed by atoms with van der Waals surface area (Å²) in [6.45, 7) is 2.65. The zero-order valence-corrected chi connectivity index (χ0v) is 13.8. The lowest BCUT2D eigenvalue weighted by Crippen LogP contribution is -2.34. The third kappa shape index (κ3) is 4.36. The molecule has 116 valence electrons. The summed E-state index contributed by atoms with van der Waals surface area (Å²) in [4.78, 5) is 13.5. The van der Waals surface area contributed by atoms with Gasteiger partial charge in [-0.3, -0.25) is 15.4 Å². The molecule has 2 N–H and O–H groups in total. The average Bonchev–Trinajstić information content (AvgIpc) is 2.89. The van der Waals surface area contributed by atoms with Crippen molar-refractivity contribution < 1.29 is 4.79 Å². The van der Waals surface area contributed by atoms with E-state index in [0.29, 0.717) is 17.1 Å². The lowest BCUT2D eigenvalue weighted by Gasteiger charge is -2.07. The van der Waals surface area contributed by atoms with Crippen LogP contribution in [0, 0.1) is 0 Å². The van der Waals surface area contributed by atoms with Gasteiger partial charge in [0.05, 0.1) is 16.6 Å². The van der Waals surface area contributed by atoms with Gasteiger partial charge in [-0.1, -0.05) is 35.2 Å². The molecule has 0 saturated heterocycles. The molecule has 1 heterocycles. The number of thiocarbonyl (C=S) groups is 1. The van der Waals surface area contributed by atoms with Crippen LogP contribution in [-0.2, 0) is 6.54 Å². The van der Waals surface area contributed by atoms with Gasteiger partial charge in [-0.2, -0.15) is 4.80 Å². The first-order valence-corrected chi connectivity index (χ1v) is 7.51. The van der Waals surface area contributed by atoms with Gasteiger partial charge in [0.1, 0.15) is 0 Å². The van der Waals surface area contributed by atoms with Gasteiger partial charge in [0.15, 0.2) is 5.11 Å². The number of aromatic nitrogens is 4. The number of anilines is 1. The van der Waals surface area contributed by atoms with Crippen LogP contribution in [0.15, 0.2) is 18.2 Å². The van der Waals surface area contributed by atoms with E-state index >= 15 is 0 Å². The number of carbonyl (C=O) groups is 1. The maximum absolute atomic E-state index is 12.0. The summed E-state index contributed by atoms with van der Waals surface area (Å²) < 4.78 is 0. The predicted molar refractivity (Wildman–Crippen MR) is 88.3 cm³/mol. The number of tetrazole rings is 1. The Morgan fingerprint density at radius 2 is 2.14 bits per heavy atom. The van der Waals surface area contributed by atoms with Crippen molar-refractivity contribution in [3.8, 4) is 0 Å². The zero-order valence-electron chi connectivity index (χ0n) is 11.5. The van der Waals surface area contributed by atoms with Crippen LogP contribution in [0.1, 0.15) is 23.7 Å². The second kappa shape index (κ2) is 7.48. The largest absolute Gasteiger partial charge is 0.299 e. The molecular formula is C12H12Cl2N6OS. The Bertz CT molecular complexity index is 705. The Kier molecular flexibility index (Phi) is 5.64.